The number of aromatic nitrogens is 4. The van der Waals surface area contributed by atoms with Gasteiger partial charge in [0.15, 0.2) is 5.13 Å². The van der Waals surface area contributed by atoms with Crippen LogP contribution in [0.2, 0.25) is 5.02 Å². The molecule has 0 radical (unpaired) electrons. The first-order valence-electron chi connectivity index (χ1n) is 10.9. The SMILES string of the molecule is Cc1onc(-c2ccccc2Cl)c1C(=O)N(CCCn1ccnc1)c1nc2c(C)cccc2s1.Cl. The molecule has 2 aromatic carbocycles. The molecule has 3 heterocycles. The van der Waals surface area contributed by atoms with E-state index in [4.69, 9.17) is 21.1 Å². The molecule has 7 nitrogen and oxygen atoms in total. The number of fused-ring (bicyclic) bond motifs is 1. The van der Waals surface area contributed by atoms with Crippen LogP contribution in [0.1, 0.15) is 28.1 Å². The van der Waals surface area contributed by atoms with Crippen molar-refractivity contribution in [3.05, 3.63) is 83.1 Å². The van der Waals surface area contributed by atoms with E-state index in [2.05, 4.69) is 10.1 Å². The van der Waals surface area contributed by atoms with E-state index in [1.807, 2.05) is 54.1 Å². The van der Waals surface area contributed by atoms with Gasteiger partial charge in [0.2, 0.25) is 0 Å². The van der Waals surface area contributed by atoms with E-state index < -0.39 is 0 Å². The van der Waals surface area contributed by atoms with Gasteiger partial charge in [-0.25, -0.2) is 9.97 Å². The van der Waals surface area contributed by atoms with Crippen LogP contribution in [-0.2, 0) is 6.54 Å². The van der Waals surface area contributed by atoms with Crippen LogP contribution < -0.4 is 4.90 Å². The van der Waals surface area contributed by atoms with Gasteiger partial charge < -0.3 is 9.09 Å². The summed E-state index contributed by atoms with van der Waals surface area (Å²) in [4.78, 5) is 24.7. The number of halogens is 2. The van der Waals surface area contributed by atoms with E-state index >= 15 is 0 Å². The maximum Gasteiger partial charge on any atom is 0.265 e. The zero-order valence-electron chi connectivity index (χ0n) is 19.1. The van der Waals surface area contributed by atoms with E-state index in [1.54, 1.807) is 30.4 Å². The van der Waals surface area contributed by atoms with Crippen LogP contribution in [0.15, 0.2) is 65.7 Å². The van der Waals surface area contributed by atoms with Crippen molar-refractivity contribution in [2.45, 2.75) is 26.8 Å². The number of amides is 1. The molecule has 0 saturated heterocycles. The predicted molar refractivity (Wildman–Crippen MR) is 142 cm³/mol. The molecule has 0 N–H and O–H groups in total. The predicted octanol–water partition coefficient (Wildman–Crippen LogP) is 6.58. The van der Waals surface area contributed by atoms with Gasteiger partial charge in [0.05, 0.1) is 21.6 Å². The molecule has 5 aromatic rings. The molecule has 3 aromatic heterocycles. The Balaban J connectivity index is 0.00000289. The minimum atomic E-state index is -0.212. The topological polar surface area (TPSA) is 77.0 Å². The molecule has 10 heteroatoms. The standard InChI is InChI=1S/C25H22ClN5O2S.ClH/c1-16-7-5-10-20-22(16)28-25(34-20)31(13-6-12-30-14-11-27-15-30)24(32)21-17(2)33-29-23(21)18-8-3-4-9-19(18)26;/h3-5,7-11,14-15H,6,12-13H2,1-2H3;1H. The van der Waals surface area contributed by atoms with Crippen LogP contribution >= 0.6 is 35.3 Å². The third kappa shape index (κ3) is 4.96. The maximum atomic E-state index is 14.0. The summed E-state index contributed by atoms with van der Waals surface area (Å²) in [5.41, 5.74) is 3.46. The van der Waals surface area contributed by atoms with Crippen LogP contribution in [0.5, 0.6) is 0 Å². The fraction of sp³-hybridized carbons (Fsp3) is 0.200. The highest BCUT2D eigenvalue weighted by Crippen LogP contribution is 2.35. The molecular weight excluding hydrogens is 505 g/mol. The Bertz CT molecular complexity index is 1460. The summed E-state index contributed by atoms with van der Waals surface area (Å²) < 4.78 is 8.50. The number of nitrogens with zero attached hydrogens (tertiary/aromatic N) is 5. The molecule has 180 valence electrons. The van der Waals surface area contributed by atoms with Gasteiger partial charge >= 0.3 is 0 Å². The van der Waals surface area contributed by atoms with E-state index in [0.29, 0.717) is 39.3 Å². The summed E-state index contributed by atoms with van der Waals surface area (Å²) in [7, 11) is 0. The summed E-state index contributed by atoms with van der Waals surface area (Å²) in [6.45, 7) is 4.97. The second kappa shape index (κ2) is 10.6. The van der Waals surface area contributed by atoms with Crippen molar-refractivity contribution in [2.24, 2.45) is 0 Å². The number of hydrogen-bond acceptors (Lipinski definition) is 6. The van der Waals surface area contributed by atoms with Crippen molar-refractivity contribution in [2.75, 3.05) is 11.4 Å². The van der Waals surface area contributed by atoms with Crippen molar-refractivity contribution in [1.29, 1.82) is 0 Å². The largest absolute Gasteiger partial charge is 0.360 e. The number of carbonyl (C=O) groups excluding carboxylic acids is 1. The lowest BCUT2D eigenvalue weighted by atomic mass is 10.1. The zero-order chi connectivity index (χ0) is 23.7. The minimum Gasteiger partial charge on any atom is -0.360 e. The molecule has 1 amide bonds. The number of para-hydroxylation sites is 1. The second-order valence-corrected chi connectivity index (χ2v) is 9.39. The average Bonchev–Trinajstić information content (AvgIpc) is 3.57. The highest BCUT2D eigenvalue weighted by atomic mass is 35.5. The molecule has 35 heavy (non-hydrogen) atoms. The first kappa shape index (κ1) is 24.9. The number of carbonyl (C=O) groups is 1. The summed E-state index contributed by atoms with van der Waals surface area (Å²) in [5.74, 6) is 0.229. The van der Waals surface area contributed by atoms with E-state index in [-0.39, 0.29) is 18.3 Å². The Kier molecular flexibility index (Phi) is 7.54. The summed E-state index contributed by atoms with van der Waals surface area (Å²) in [6, 6.07) is 13.4. The molecule has 0 unspecified atom stereocenters. The highest BCUT2D eigenvalue weighted by Gasteiger charge is 2.29. The Morgan fingerprint density at radius 2 is 2.00 bits per heavy atom. The van der Waals surface area contributed by atoms with Crippen molar-refractivity contribution in [3.63, 3.8) is 0 Å². The summed E-state index contributed by atoms with van der Waals surface area (Å²) >= 11 is 7.93. The number of anilines is 1. The van der Waals surface area contributed by atoms with Gasteiger partial charge in [-0.2, -0.15) is 0 Å². The van der Waals surface area contributed by atoms with E-state index in [9.17, 15) is 4.79 Å². The molecule has 0 aliphatic carbocycles. The van der Waals surface area contributed by atoms with Gasteiger partial charge in [-0.3, -0.25) is 9.69 Å². The molecule has 0 aliphatic heterocycles. The fourth-order valence-corrected chi connectivity index (χ4v) is 5.19. The molecule has 5 rings (SSSR count). The van der Waals surface area contributed by atoms with Crippen molar-refractivity contribution < 1.29 is 9.32 Å². The van der Waals surface area contributed by atoms with Gasteiger partial charge in [-0.05, 0) is 38.0 Å². The van der Waals surface area contributed by atoms with Crippen molar-refractivity contribution in [1.82, 2.24) is 19.7 Å². The van der Waals surface area contributed by atoms with Gasteiger partial charge in [-0.1, -0.05) is 58.4 Å². The summed E-state index contributed by atoms with van der Waals surface area (Å²) in [6.07, 6.45) is 6.15. The molecule has 0 aliphatic rings. The first-order valence-corrected chi connectivity index (χ1v) is 12.1. The molecule has 0 bridgehead atoms. The Hall–Kier alpha value is -3.20. The van der Waals surface area contributed by atoms with Gasteiger partial charge in [0.25, 0.3) is 5.91 Å². The normalized spacial score (nSPS) is 10.9. The van der Waals surface area contributed by atoms with Crippen LogP contribution in [0.25, 0.3) is 21.5 Å². The molecule has 0 spiro atoms. The van der Waals surface area contributed by atoms with Crippen LogP contribution in [0.4, 0.5) is 5.13 Å². The van der Waals surface area contributed by atoms with E-state index in [0.717, 1.165) is 28.7 Å². The molecule has 0 fully saturated rings. The number of benzene rings is 2. The lowest BCUT2D eigenvalue weighted by Crippen LogP contribution is -2.33. The third-order valence-electron chi connectivity index (χ3n) is 5.65. The van der Waals surface area contributed by atoms with Crippen LogP contribution in [0, 0.1) is 13.8 Å². The Morgan fingerprint density at radius 3 is 2.74 bits per heavy atom. The van der Waals surface area contributed by atoms with Crippen LogP contribution in [0.3, 0.4) is 0 Å². The zero-order valence-corrected chi connectivity index (χ0v) is 21.5. The third-order valence-corrected chi connectivity index (χ3v) is 7.02. The Labute approximate surface area is 217 Å². The van der Waals surface area contributed by atoms with Gasteiger partial charge in [0.1, 0.15) is 17.0 Å². The highest BCUT2D eigenvalue weighted by molar-refractivity contribution is 7.22. The smallest absolute Gasteiger partial charge is 0.265 e. The Morgan fingerprint density at radius 1 is 1.17 bits per heavy atom. The first-order chi connectivity index (χ1) is 16.5. The number of rotatable bonds is 7. The molecular formula is C25H23Cl2N5O2S. The number of thiazole rings is 1. The number of hydrogen-bond donors (Lipinski definition) is 0. The quantitative estimate of drug-likeness (QED) is 0.239. The van der Waals surface area contributed by atoms with Crippen molar-refractivity contribution >= 4 is 56.6 Å². The maximum absolute atomic E-state index is 14.0. The lowest BCUT2D eigenvalue weighted by Gasteiger charge is -2.20. The second-order valence-electron chi connectivity index (χ2n) is 7.97. The van der Waals surface area contributed by atoms with E-state index in [1.165, 1.54) is 11.3 Å². The number of aryl methyl sites for hydroxylation is 3. The van der Waals surface area contributed by atoms with Crippen LogP contribution in [-0.4, -0.2) is 32.1 Å². The van der Waals surface area contributed by atoms with Crippen molar-refractivity contribution in [3.8, 4) is 11.3 Å². The minimum absolute atomic E-state index is 0. The monoisotopic (exact) mass is 527 g/mol. The lowest BCUT2D eigenvalue weighted by molar-refractivity contribution is 0.0985. The fourth-order valence-electron chi connectivity index (χ4n) is 3.90. The number of imidazole rings is 1. The van der Waals surface area contributed by atoms with Gasteiger partial charge in [-0.15, -0.1) is 12.4 Å². The molecule has 0 saturated carbocycles. The summed E-state index contributed by atoms with van der Waals surface area (Å²) in [5, 5.41) is 5.34. The molecule has 0 atom stereocenters. The average molecular weight is 528 g/mol. The van der Waals surface area contributed by atoms with Gasteiger partial charge in [0, 0.05) is 31.0 Å².